The van der Waals surface area contributed by atoms with Crippen LogP contribution in [0, 0.1) is 5.41 Å². The Labute approximate surface area is 128 Å². The Morgan fingerprint density at radius 3 is 2.76 bits per heavy atom. The number of rotatable bonds is 6. The van der Waals surface area contributed by atoms with Crippen LogP contribution < -0.4 is 5.32 Å². The van der Waals surface area contributed by atoms with Gasteiger partial charge in [-0.25, -0.2) is 4.79 Å². The van der Waals surface area contributed by atoms with Crippen molar-refractivity contribution in [3.05, 3.63) is 12.2 Å². The molecule has 0 radical (unpaired) electrons. The molecule has 2 aliphatic heterocycles. The number of nitrogens with zero attached hydrogens (tertiary/aromatic N) is 2. The molecule has 1 atom stereocenters. The van der Waals surface area contributed by atoms with Crippen molar-refractivity contribution in [3.63, 3.8) is 0 Å². The third-order valence-corrected chi connectivity index (χ3v) is 4.55. The molecule has 1 fully saturated rings. The van der Waals surface area contributed by atoms with Gasteiger partial charge in [-0.05, 0) is 24.7 Å². The Morgan fingerprint density at radius 2 is 2.10 bits per heavy atom. The summed E-state index contributed by atoms with van der Waals surface area (Å²) in [5.74, 6) is 0. The number of aliphatic hydroxyl groups excluding tert-OH is 1. The van der Waals surface area contributed by atoms with Crippen molar-refractivity contribution in [2.75, 3.05) is 39.3 Å². The van der Waals surface area contributed by atoms with E-state index < -0.39 is 0 Å². The number of nitrogens with one attached hydrogen (secondary N) is 1. The lowest BCUT2D eigenvalue weighted by atomic mass is 9.89. The second-order valence-corrected chi connectivity index (χ2v) is 6.97. The Kier molecular flexibility index (Phi) is 5.65. The van der Waals surface area contributed by atoms with Crippen molar-refractivity contribution in [1.82, 2.24) is 15.1 Å². The number of hydrogen-bond acceptors (Lipinski definition) is 3. The highest BCUT2D eigenvalue weighted by Gasteiger charge is 2.30. The average molecular weight is 295 g/mol. The van der Waals surface area contributed by atoms with E-state index in [0.717, 1.165) is 45.4 Å². The summed E-state index contributed by atoms with van der Waals surface area (Å²) in [5, 5.41) is 12.2. The van der Waals surface area contributed by atoms with Crippen LogP contribution in [0.5, 0.6) is 0 Å². The van der Waals surface area contributed by atoms with Crippen LogP contribution in [0.1, 0.15) is 33.1 Å². The normalized spacial score (nSPS) is 23.0. The molecule has 1 saturated heterocycles. The third kappa shape index (κ3) is 4.71. The van der Waals surface area contributed by atoms with Gasteiger partial charge >= 0.3 is 6.03 Å². The fourth-order valence-corrected chi connectivity index (χ4v) is 2.97. The molecule has 0 aromatic carbocycles. The standard InChI is InChI=1S/C16H29N3O2/c1-16(2,13-20)7-5-8-17-15(21)19-11-6-14(12-19)18-9-3-4-10-18/h3-4,14,20H,5-13H2,1-2H3,(H,17,21)/t14-/m0/s1. The van der Waals surface area contributed by atoms with E-state index in [2.05, 4.69) is 22.4 Å². The van der Waals surface area contributed by atoms with Gasteiger partial charge in [-0.3, -0.25) is 4.90 Å². The first-order valence-corrected chi connectivity index (χ1v) is 8.04. The summed E-state index contributed by atoms with van der Waals surface area (Å²) in [4.78, 5) is 16.5. The molecule has 2 rings (SSSR count). The second-order valence-electron chi connectivity index (χ2n) is 6.97. The maximum absolute atomic E-state index is 12.1. The van der Waals surface area contributed by atoms with Crippen molar-refractivity contribution in [1.29, 1.82) is 0 Å². The molecule has 120 valence electrons. The zero-order chi connectivity index (χ0) is 15.3. The molecule has 0 saturated carbocycles. The van der Waals surface area contributed by atoms with Gasteiger partial charge in [0.15, 0.2) is 0 Å². The maximum atomic E-state index is 12.1. The number of urea groups is 1. The summed E-state index contributed by atoms with van der Waals surface area (Å²) in [6, 6.07) is 0.575. The molecule has 2 amide bonds. The minimum atomic E-state index is -0.0494. The van der Waals surface area contributed by atoms with E-state index in [1.165, 1.54) is 0 Å². The predicted molar refractivity (Wildman–Crippen MR) is 84.2 cm³/mol. The fraction of sp³-hybridized carbons (Fsp3) is 0.812. The largest absolute Gasteiger partial charge is 0.396 e. The molecular weight excluding hydrogens is 266 g/mol. The average Bonchev–Trinajstić information content (AvgIpc) is 3.13. The molecule has 2 N–H and O–H groups in total. The van der Waals surface area contributed by atoms with Gasteiger partial charge in [0.25, 0.3) is 0 Å². The third-order valence-electron chi connectivity index (χ3n) is 4.55. The smallest absolute Gasteiger partial charge is 0.317 e. The number of likely N-dealkylation sites (tertiary alicyclic amines) is 1. The zero-order valence-electron chi connectivity index (χ0n) is 13.3. The van der Waals surface area contributed by atoms with Gasteiger partial charge in [-0.1, -0.05) is 26.0 Å². The maximum Gasteiger partial charge on any atom is 0.317 e. The molecule has 5 nitrogen and oxygen atoms in total. The summed E-state index contributed by atoms with van der Waals surface area (Å²) in [7, 11) is 0. The first-order valence-electron chi connectivity index (χ1n) is 8.04. The van der Waals surface area contributed by atoms with Gasteiger partial charge in [0.1, 0.15) is 0 Å². The van der Waals surface area contributed by atoms with Gasteiger partial charge in [-0.15, -0.1) is 0 Å². The Bertz CT molecular complexity index is 374. The lowest BCUT2D eigenvalue weighted by molar-refractivity contribution is 0.147. The first kappa shape index (κ1) is 16.3. The van der Waals surface area contributed by atoms with Gasteiger partial charge in [0.2, 0.25) is 0 Å². The van der Waals surface area contributed by atoms with Crippen LogP contribution in [0.3, 0.4) is 0 Å². The first-order chi connectivity index (χ1) is 10.0. The molecule has 0 spiro atoms. The van der Waals surface area contributed by atoms with Gasteiger partial charge in [0, 0.05) is 45.4 Å². The quantitative estimate of drug-likeness (QED) is 0.576. The summed E-state index contributed by atoms with van der Waals surface area (Å²) in [5.41, 5.74) is -0.0494. The number of carbonyl (C=O) groups is 1. The van der Waals surface area contributed by atoms with Crippen molar-refractivity contribution < 1.29 is 9.90 Å². The lowest BCUT2D eigenvalue weighted by Gasteiger charge is -2.24. The van der Waals surface area contributed by atoms with Crippen LogP contribution in [0.4, 0.5) is 4.79 Å². The predicted octanol–water partition coefficient (Wildman–Crippen LogP) is 1.44. The van der Waals surface area contributed by atoms with Crippen LogP contribution >= 0.6 is 0 Å². The van der Waals surface area contributed by atoms with Crippen LogP contribution in [-0.2, 0) is 0 Å². The van der Waals surface area contributed by atoms with Crippen LogP contribution in [0.2, 0.25) is 0 Å². The highest BCUT2D eigenvalue weighted by molar-refractivity contribution is 5.74. The number of aliphatic hydroxyl groups is 1. The Morgan fingerprint density at radius 1 is 1.38 bits per heavy atom. The monoisotopic (exact) mass is 295 g/mol. The molecule has 21 heavy (non-hydrogen) atoms. The topological polar surface area (TPSA) is 55.8 Å². The van der Waals surface area contributed by atoms with Gasteiger partial charge in [0.05, 0.1) is 0 Å². The molecule has 0 aromatic rings. The van der Waals surface area contributed by atoms with E-state index in [-0.39, 0.29) is 18.1 Å². The van der Waals surface area contributed by atoms with E-state index in [4.69, 9.17) is 0 Å². The minimum absolute atomic E-state index is 0.0494. The van der Waals surface area contributed by atoms with Crippen LogP contribution in [0.25, 0.3) is 0 Å². The molecule has 2 aliphatic rings. The van der Waals surface area contributed by atoms with E-state index in [9.17, 15) is 9.90 Å². The summed E-state index contributed by atoms with van der Waals surface area (Å²) < 4.78 is 0. The molecule has 0 bridgehead atoms. The number of amides is 2. The fourth-order valence-electron chi connectivity index (χ4n) is 2.97. The highest BCUT2D eigenvalue weighted by atomic mass is 16.3. The van der Waals surface area contributed by atoms with Crippen molar-refractivity contribution in [3.8, 4) is 0 Å². The Balaban J connectivity index is 1.63. The Hall–Kier alpha value is -1.07. The summed E-state index contributed by atoms with van der Waals surface area (Å²) >= 11 is 0. The van der Waals surface area contributed by atoms with E-state index in [1.54, 1.807) is 0 Å². The van der Waals surface area contributed by atoms with Crippen molar-refractivity contribution in [2.24, 2.45) is 5.41 Å². The van der Waals surface area contributed by atoms with Crippen LogP contribution in [0.15, 0.2) is 12.2 Å². The van der Waals surface area contributed by atoms with E-state index >= 15 is 0 Å². The zero-order valence-corrected chi connectivity index (χ0v) is 13.3. The minimum Gasteiger partial charge on any atom is -0.396 e. The van der Waals surface area contributed by atoms with Crippen molar-refractivity contribution in [2.45, 2.75) is 39.2 Å². The summed E-state index contributed by atoms with van der Waals surface area (Å²) in [6.45, 7) is 8.72. The molecule has 0 aromatic heterocycles. The summed E-state index contributed by atoms with van der Waals surface area (Å²) in [6.07, 6.45) is 7.31. The number of hydrogen-bond donors (Lipinski definition) is 2. The second kappa shape index (κ2) is 7.27. The molecular formula is C16H29N3O2. The SMILES string of the molecule is CC(C)(CO)CCCNC(=O)N1CC[C@H](N2CC=CC2)C1. The molecule has 2 heterocycles. The highest BCUT2D eigenvalue weighted by Crippen LogP contribution is 2.21. The molecule has 0 unspecified atom stereocenters. The van der Waals surface area contributed by atoms with Crippen LogP contribution in [-0.4, -0.2) is 66.3 Å². The molecule has 5 heteroatoms. The molecule has 0 aliphatic carbocycles. The van der Waals surface area contributed by atoms with Gasteiger partial charge < -0.3 is 15.3 Å². The lowest BCUT2D eigenvalue weighted by Crippen LogP contribution is -2.42. The van der Waals surface area contributed by atoms with Gasteiger partial charge in [-0.2, -0.15) is 0 Å². The van der Waals surface area contributed by atoms with Crippen molar-refractivity contribution >= 4 is 6.03 Å². The number of carbonyl (C=O) groups excluding carboxylic acids is 1. The van der Waals surface area contributed by atoms with E-state index in [0.29, 0.717) is 12.6 Å². The van der Waals surface area contributed by atoms with E-state index in [1.807, 2.05) is 18.7 Å².